The fourth-order valence-corrected chi connectivity index (χ4v) is 3.20. The van der Waals surface area contributed by atoms with Crippen molar-refractivity contribution in [3.8, 4) is 5.75 Å². The van der Waals surface area contributed by atoms with E-state index in [1.54, 1.807) is 30.3 Å². The van der Waals surface area contributed by atoms with Crippen LogP contribution in [0.5, 0.6) is 5.75 Å². The summed E-state index contributed by atoms with van der Waals surface area (Å²) < 4.78 is 19.1. The number of hydrogen-bond donors (Lipinski definition) is 2. The zero-order valence-corrected chi connectivity index (χ0v) is 15.8. The minimum atomic E-state index is -0.705. The fraction of sp³-hybridized carbons (Fsp3) is 0.333. The summed E-state index contributed by atoms with van der Waals surface area (Å²) >= 11 is 0. The number of rotatable bonds is 6. The Morgan fingerprint density at radius 2 is 1.64 bits per heavy atom. The number of ether oxygens (including phenoxy) is 1. The number of anilines is 2. The topological polar surface area (TPSA) is 70.7 Å². The van der Waals surface area contributed by atoms with E-state index < -0.39 is 11.7 Å². The van der Waals surface area contributed by atoms with Crippen LogP contribution >= 0.6 is 0 Å². The Kier molecular flexibility index (Phi) is 6.60. The molecule has 28 heavy (non-hydrogen) atoms. The van der Waals surface area contributed by atoms with Gasteiger partial charge in [0.2, 0.25) is 5.91 Å². The van der Waals surface area contributed by atoms with E-state index in [2.05, 4.69) is 15.5 Å². The molecule has 7 heteroatoms. The molecule has 0 bridgehead atoms. The number of nitrogens with zero attached hydrogens (tertiary/aromatic N) is 1. The summed E-state index contributed by atoms with van der Waals surface area (Å²) in [5, 5.41) is 5.50. The third-order valence-corrected chi connectivity index (χ3v) is 4.67. The molecule has 0 aliphatic carbocycles. The second kappa shape index (κ2) is 9.32. The molecule has 1 saturated heterocycles. The molecule has 0 saturated carbocycles. The Morgan fingerprint density at radius 3 is 2.29 bits per heavy atom. The SMILES string of the molecule is COc1cccc(C(=O)Nc2ccc(NC(=O)CN3CCCCC3)cc2)c1F. The second-order valence-corrected chi connectivity index (χ2v) is 6.74. The molecule has 0 unspecified atom stereocenters. The van der Waals surface area contributed by atoms with Crippen LogP contribution in [0.3, 0.4) is 0 Å². The number of methoxy groups -OCH3 is 1. The van der Waals surface area contributed by atoms with Crippen LogP contribution in [0.1, 0.15) is 29.6 Å². The molecule has 0 radical (unpaired) electrons. The van der Waals surface area contributed by atoms with Gasteiger partial charge in [0.25, 0.3) is 5.91 Å². The van der Waals surface area contributed by atoms with E-state index >= 15 is 0 Å². The number of likely N-dealkylation sites (tertiary alicyclic amines) is 1. The van der Waals surface area contributed by atoms with Gasteiger partial charge in [-0.2, -0.15) is 0 Å². The lowest BCUT2D eigenvalue weighted by molar-refractivity contribution is -0.117. The average molecular weight is 385 g/mol. The molecular weight excluding hydrogens is 361 g/mol. The van der Waals surface area contributed by atoms with Gasteiger partial charge in [-0.3, -0.25) is 14.5 Å². The third-order valence-electron chi connectivity index (χ3n) is 4.67. The fourth-order valence-electron chi connectivity index (χ4n) is 3.20. The molecule has 1 aliphatic heterocycles. The van der Waals surface area contributed by atoms with Crippen molar-refractivity contribution in [3.63, 3.8) is 0 Å². The van der Waals surface area contributed by atoms with Crippen LogP contribution in [-0.4, -0.2) is 43.5 Å². The quantitative estimate of drug-likeness (QED) is 0.798. The molecule has 2 aromatic carbocycles. The molecule has 2 N–H and O–H groups in total. The van der Waals surface area contributed by atoms with Gasteiger partial charge in [-0.1, -0.05) is 12.5 Å². The first-order chi connectivity index (χ1) is 13.6. The largest absolute Gasteiger partial charge is 0.494 e. The van der Waals surface area contributed by atoms with Crippen molar-refractivity contribution in [1.29, 1.82) is 0 Å². The van der Waals surface area contributed by atoms with E-state index in [0.717, 1.165) is 25.9 Å². The third kappa shape index (κ3) is 5.07. The van der Waals surface area contributed by atoms with E-state index in [1.807, 2.05) is 0 Å². The number of carbonyl (C=O) groups excluding carboxylic acids is 2. The van der Waals surface area contributed by atoms with Gasteiger partial charge in [0.05, 0.1) is 19.2 Å². The van der Waals surface area contributed by atoms with E-state index in [9.17, 15) is 14.0 Å². The van der Waals surface area contributed by atoms with Gasteiger partial charge in [0, 0.05) is 11.4 Å². The van der Waals surface area contributed by atoms with Crippen molar-refractivity contribution in [1.82, 2.24) is 4.90 Å². The van der Waals surface area contributed by atoms with Gasteiger partial charge in [-0.05, 0) is 62.3 Å². The highest BCUT2D eigenvalue weighted by Gasteiger charge is 2.16. The smallest absolute Gasteiger partial charge is 0.258 e. The predicted octanol–water partition coefficient (Wildman–Crippen LogP) is 3.51. The van der Waals surface area contributed by atoms with E-state index in [4.69, 9.17) is 4.74 Å². The monoisotopic (exact) mass is 385 g/mol. The van der Waals surface area contributed by atoms with Crippen LogP contribution in [0, 0.1) is 5.82 Å². The summed E-state index contributed by atoms with van der Waals surface area (Å²) in [5.41, 5.74) is 1.05. The number of hydrogen-bond acceptors (Lipinski definition) is 4. The summed E-state index contributed by atoms with van der Waals surface area (Å²) in [6.07, 6.45) is 3.50. The average Bonchev–Trinajstić information content (AvgIpc) is 2.70. The first-order valence-corrected chi connectivity index (χ1v) is 9.33. The summed E-state index contributed by atoms with van der Waals surface area (Å²) in [6.45, 7) is 2.30. The minimum Gasteiger partial charge on any atom is -0.494 e. The summed E-state index contributed by atoms with van der Waals surface area (Å²) in [6, 6.07) is 11.1. The maximum absolute atomic E-state index is 14.2. The van der Waals surface area contributed by atoms with Gasteiger partial charge in [0.15, 0.2) is 11.6 Å². The standard InChI is InChI=1S/C21H24FN3O3/c1-28-18-7-5-6-17(20(18)22)21(27)24-16-10-8-15(9-11-16)23-19(26)14-25-12-3-2-4-13-25/h5-11H,2-4,12-14H2,1H3,(H,23,26)(H,24,27). The van der Waals surface area contributed by atoms with E-state index in [1.165, 1.54) is 25.7 Å². The van der Waals surface area contributed by atoms with Crippen LogP contribution in [0.2, 0.25) is 0 Å². The Balaban J connectivity index is 1.57. The van der Waals surface area contributed by atoms with Crippen LogP contribution in [0.15, 0.2) is 42.5 Å². The minimum absolute atomic E-state index is 0.0133. The molecule has 1 heterocycles. The zero-order valence-electron chi connectivity index (χ0n) is 15.8. The maximum atomic E-state index is 14.2. The van der Waals surface area contributed by atoms with Gasteiger partial charge in [-0.15, -0.1) is 0 Å². The summed E-state index contributed by atoms with van der Waals surface area (Å²) in [4.78, 5) is 26.6. The molecule has 2 aromatic rings. The zero-order chi connectivity index (χ0) is 19.9. The molecule has 3 rings (SSSR count). The van der Waals surface area contributed by atoms with Crippen molar-refractivity contribution < 1.29 is 18.7 Å². The van der Waals surface area contributed by atoms with Gasteiger partial charge >= 0.3 is 0 Å². The van der Waals surface area contributed by atoms with Crippen LogP contribution in [-0.2, 0) is 4.79 Å². The highest BCUT2D eigenvalue weighted by Crippen LogP contribution is 2.21. The molecule has 0 spiro atoms. The Hall–Kier alpha value is -2.93. The first-order valence-electron chi connectivity index (χ1n) is 9.33. The van der Waals surface area contributed by atoms with Crippen molar-refractivity contribution in [2.45, 2.75) is 19.3 Å². The number of piperidine rings is 1. The van der Waals surface area contributed by atoms with Gasteiger partial charge in [0.1, 0.15) is 0 Å². The van der Waals surface area contributed by atoms with Gasteiger partial charge < -0.3 is 15.4 Å². The van der Waals surface area contributed by atoms with Crippen molar-refractivity contribution >= 4 is 23.2 Å². The molecule has 1 fully saturated rings. The van der Waals surface area contributed by atoms with Gasteiger partial charge in [-0.25, -0.2) is 4.39 Å². The van der Waals surface area contributed by atoms with E-state index in [-0.39, 0.29) is 17.2 Å². The maximum Gasteiger partial charge on any atom is 0.258 e. The molecule has 1 aliphatic rings. The van der Waals surface area contributed by atoms with Crippen molar-refractivity contribution in [3.05, 3.63) is 53.8 Å². The molecule has 148 valence electrons. The van der Waals surface area contributed by atoms with Crippen molar-refractivity contribution in [2.24, 2.45) is 0 Å². The van der Waals surface area contributed by atoms with E-state index in [0.29, 0.717) is 17.9 Å². The summed E-state index contributed by atoms with van der Waals surface area (Å²) in [7, 11) is 1.35. The number of halogens is 1. The highest BCUT2D eigenvalue weighted by atomic mass is 19.1. The van der Waals surface area contributed by atoms with Crippen molar-refractivity contribution in [2.75, 3.05) is 37.4 Å². The molecule has 0 atom stereocenters. The molecular formula is C21H24FN3O3. The Labute approximate surface area is 163 Å². The molecule has 6 nitrogen and oxygen atoms in total. The first kappa shape index (κ1) is 19.8. The Bertz CT molecular complexity index is 833. The number of carbonyl (C=O) groups is 2. The molecule has 0 aromatic heterocycles. The highest BCUT2D eigenvalue weighted by molar-refractivity contribution is 6.05. The Morgan fingerprint density at radius 1 is 1.00 bits per heavy atom. The lowest BCUT2D eigenvalue weighted by Gasteiger charge is -2.25. The van der Waals surface area contributed by atoms with Crippen LogP contribution in [0.25, 0.3) is 0 Å². The lowest BCUT2D eigenvalue weighted by atomic mass is 10.1. The second-order valence-electron chi connectivity index (χ2n) is 6.74. The predicted molar refractivity (Wildman–Crippen MR) is 106 cm³/mol. The normalized spacial score (nSPS) is 14.4. The number of nitrogens with one attached hydrogen (secondary N) is 2. The van der Waals surface area contributed by atoms with Crippen LogP contribution < -0.4 is 15.4 Å². The lowest BCUT2D eigenvalue weighted by Crippen LogP contribution is -2.36. The number of benzene rings is 2. The summed E-state index contributed by atoms with van der Waals surface area (Å²) in [5.74, 6) is -1.32. The number of amides is 2. The van der Waals surface area contributed by atoms with Crippen LogP contribution in [0.4, 0.5) is 15.8 Å². The molecule has 2 amide bonds.